The van der Waals surface area contributed by atoms with Gasteiger partial charge in [-0.05, 0) is 25.7 Å². The lowest BCUT2D eigenvalue weighted by atomic mass is 10.2. The van der Waals surface area contributed by atoms with Gasteiger partial charge < -0.3 is 0 Å². The topological polar surface area (TPSA) is 0 Å². The molecule has 1 aliphatic carbocycles. The summed E-state index contributed by atoms with van der Waals surface area (Å²) in [6.45, 7) is 0. The Balaban J connectivity index is 2.38. The van der Waals surface area contributed by atoms with Crippen molar-refractivity contribution in [2.75, 3.05) is 0 Å². The van der Waals surface area contributed by atoms with Crippen molar-refractivity contribution in [1.82, 2.24) is 0 Å². The maximum Gasteiger partial charge on any atom is -0.0169 e. The van der Waals surface area contributed by atoms with Crippen molar-refractivity contribution in [2.45, 2.75) is 25.7 Å². The van der Waals surface area contributed by atoms with Gasteiger partial charge in [0, 0.05) is 0 Å². The van der Waals surface area contributed by atoms with Gasteiger partial charge in [-0.3, -0.25) is 0 Å². The minimum Gasteiger partial charge on any atom is -0.0879 e. The molecule has 0 N–H and O–H groups in total. The van der Waals surface area contributed by atoms with E-state index < -0.39 is 0 Å². The van der Waals surface area contributed by atoms with Crippen LogP contribution in [-0.4, -0.2) is 0 Å². The molecule has 0 aromatic rings. The molecule has 10 heavy (non-hydrogen) atoms. The maximum atomic E-state index is 2.25. The van der Waals surface area contributed by atoms with Crippen LogP contribution < -0.4 is 0 Å². The van der Waals surface area contributed by atoms with E-state index in [1.54, 1.807) is 0 Å². The van der Waals surface area contributed by atoms with Crippen LogP contribution in [0.1, 0.15) is 25.7 Å². The van der Waals surface area contributed by atoms with E-state index in [0.29, 0.717) is 0 Å². The first-order valence-corrected chi connectivity index (χ1v) is 3.95. The molecule has 1 aliphatic rings. The second-order valence-electron chi connectivity index (χ2n) is 2.46. The lowest BCUT2D eigenvalue weighted by Gasteiger charge is -1.89. The van der Waals surface area contributed by atoms with Gasteiger partial charge in [-0.25, -0.2) is 0 Å². The highest BCUT2D eigenvalue weighted by molar-refractivity contribution is 4.99. The first-order chi connectivity index (χ1) is 5.00. The molecule has 0 aliphatic heterocycles. The maximum absolute atomic E-state index is 2.25. The van der Waals surface area contributed by atoms with E-state index >= 15 is 0 Å². The Labute approximate surface area is 62.9 Å². The van der Waals surface area contributed by atoms with E-state index in [-0.39, 0.29) is 0 Å². The first-order valence-electron chi connectivity index (χ1n) is 3.95. The molecule has 0 spiro atoms. The van der Waals surface area contributed by atoms with Crippen molar-refractivity contribution in [2.24, 2.45) is 0 Å². The van der Waals surface area contributed by atoms with Crippen molar-refractivity contribution in [3.05, 3.63) is 36.5 Å². The average molecular weight is 134 g/mol. The van der Waals surface area contributed by atoms with E-state index in [1.807, 2.05) is 0 Å². The molecular weight excluding hydrogens is 120 g/mol. The van der Waals surface area contributed by atoms with Gasteiger partial charge in [0.2, 0.25) is 0 Å². The fourth-order valence-corrected chi connectivity index (χ4v) is 0.970. The lowest BCUT2D eigenvalue weighted by Crippen LogP contribution is -1.68. The van der Waals surface area contributed by atoms with Crippen LogP contribution in [0.3, 0.4) is 0 Å². The number of hydrogen-bond donors (Lipinski definition) is 0. The summed E-state index contributed by atoms with van der Waals surface area (Å²) in [5, 5.41) is 0. The molecule has 0 aromatic carbocycles. The summed E-state index contributed by atoms with van der Waals surface area (Å²) in [5.74, 6) is 0. The quantitative estimate of drug-likeness (QED) is 0.446. The van der Waals surface area contributed by atoms with Crippen LogP contribution in [0.5, 0.6) is 0 Å². The van der Waals surface area contributed by atoms with E-state index in [2.05, 4.69) is 36.5 Å². The SMILES string of the molecule is C1=CCC/C=C/C/C=C\C1. The van der Waals surface area contributed by atoms with Crippen LogP contribution in [0.4, 0.5) is 0 Å². The van der Waals surface area contributed by atoms with Gasteiger partial charge in [0.25, 0.3) is 0 Å². The number of rotatable bonds is 0. The summed E-state index contributed by atoms with van der Waals surface area (Å²) in [6.07, 6.45) is 18.0. The third-order valence-electron chi connectivity index (χ3n) is 1.54. The van der Waals surface area contributed by atoms with E-state index in [0.717, 1.165) is 12.8 Å². The molecule has 0 nitrogen and oxygen atoms in total. The molecule has 0 saturated heterocycles. The highest BCUT2D eigenvalue weighted by Gasteiger charge is 1.79. The molecule has 0 atom stereocenters. The Morgan fingerprint density at radius 1 is 0.500 bits per heavy atom. The highest BCUT2D eigenvalue weighted by Crippen LogP contribution is 1.99. The third-order valence-corrected chi connectivity index (χ3v) is 1.54. The Kier molecular flexibility index (Phi) is 3.69. The van der Waals surface area contributed by atoms with Crippen molar-refractivity contribution in [1.29, 1.82) is 0 Å². The minimum absolute atomic E-state index is 1.10. The summed E-state index contributed by atoms with van der Waals surface area (Å²) < 4.78 is 0. The number of hydrogen-bond acceptors (Lipinski definition) is 0. The molecular formula is C10H14. The van der Waals surface area contributed by atoms with Crippen LogP contribution in [0.15, 0.2) is 36.5 Å². The van der Waals surface area contributed by atoms with Gasteiger partial charge in [-0.1, -0.05) is 36.5 Å². The average Bonchev–Trinajstić information content (AvgIpc) is 2.01. The van der Waals surface area contributed by atoms with Crippen molar-refractivity contribution >= 4 is 0 Å². The molecule has 0 fully saturated rings. The Hall–Kier alpha value is -0.780. The van der Waals surface area contributed by atoms with Gasteiger partial charge >= 0.3 is 0 Å². The molecule has 54 valence electrons. The molecule has 0 unspecified atom stereocenters. The zero-order valence-electron chi connectivity index (χ0n) is 6.29. The molecule has 0 aromatic heterocycles. The highest BCUT2D eigenvalue weighted by atomic mass is 13.9. The minimum atomic E-state index is 1.10. The van der Waals surface area contributed by atoms with E-state index in [4.69, 9.17) is 0 Å². The van der Waals surface area contributed by atoms with Crippen LogP contribution in [0.2, 0.25) is 0 Å². The lowest BCUT2D eigenvalue weighted by molar-refractivity contribution is 1.03. The smallest absolute Gasteiger partial charge is 0.0169 e. The first kappa shape index (κ1) is 7.33. The summed E-state index contributed by atoms with van der Waals surface area (Å²) in [6, 6.07) is 0. The summed E-state index contributed by atoms with van der Waals surface area (Å²) in [5.41, 5.74) is 0. The molecule has 0 saturated carbocycles. The van der Waals surface area contributed by atoms with Crippen LogP contribution in [0, 0.1) is 0 Å². The van der Waals surface area contributed by atoms with Gasteiger partial charge in [-0.15, -0.1) is 0 Å². The van der Waals surface area contributed by atoms with Crippen molar-refractivity contribution < 1.29 is 0 Å². The Morgan fingerprint density at radius 2 is 0.900 bits per heavy atom. The van der Waals surface area contributed by atoms with Crippen molar-refractivity contribution in [3.8, 4) is 0 Å². The largest absolute Gasteiger partial charge is 0.0879 e. The molecule has 0 heteroatoms. The zero-order chi connectivity index (χ0) is 7.07. The van der Waals surface area contributed by atoms with Gasteiger partial charge in [-0.2, -0.15) is 0 Å². The summed E-state index contributed by atoms with van der Waals surface area (Å²) in [4.78, 5) is 0. The molecule has 0 radical (unpaired) electrons. The predicted octanol–water partition coefficient (Wildman–Crippen LogP) is 3.23. The Morgan fingerprint density at radius 3 is 1.40 bits per heavy atom. The molecule has 0 amide bonds. The number of allylic oxidation sites excluding steroid dienone is 6. The molecule has 0 heterocycles. The normalized spacial score (nSPS) is 25.6. The van der Waals surface area contributed by atoms with Gasteiger partial charge in [0.15, 0.2) is 0 Å². The van der Waals surface area contributed by atoms with Gasteiger partial charge in [0.1, 0.15) is 0 Å². The standard InChI is InChI=1S/C10H14/c1-2-4-6-8-10-9-7-5-3-1/h1-2,5-8H,3-4,9-10H2/b2-1-,7-5+,8-6?. The summed E-state index contributed by atoms with van der Waals surface area (Å²) in [7, 11) is 0. The molecule has 0 bridgehead atoms. The zero-order valence-corrected chi connectivity index (χ0v) is 6.29. The fourth-order valence-electron chi connectivity index (χ4n) is 0.970. The predicted molar refractivity (Wildman–Crippen MR) is 45.9 cm³/mol. The van der Waals surface area contributed by atoms with Crippen LogP contribution in [-0.2, 0) is 0 Å². The second-order valence-corrected chi connectivity index (χ2v) is 2.46. The van der Waals surface area contributed by atoms with Crippen LogP contribution in [0.25, 0.3) is 0 Å². The van der Waals surface area contributed by atoms with E-state index in [1.165, 1.54) is 12.8 Å². The van der Waals surface area contributed by atoms with E-state index in [9.17, 15) is 0 Å². The van der Waals surface area contributed by atoms with Crippen molar-refractivity contribution in [3.63, 3.8) is 0 Å². The fraction of sp³-hybridized carbons (Fsp3) is 0.400. The monoisotopic (exact) mass is 134 g/mol. The second kappa shape index (κ2) is 5.04. The van der Waals surface area contributed by atoms with Crippen LogP contribution >= 0.6 is 0 Å². The summed E-state index contributed by atoms with van der Waals surface area (Å²) >= 11 is 0. The third kappa shape index (κ3) is 3.29. The Bertz CT molecular complexity index is 131. The van der Waals surface area contributed by atoms with Gasteiger partial charge in [0.05, 0.1) is 0 Å². The molecule has 1 rings (SSSR count).